The second kappa shape index (κ2) is 7.78. The van der Waals surface area contributed by atoms with E-state index < -0.39 is 0 Å². The van der Waals surface area contributed by atoms with Crippen LogP contribution in [-0.4, -0.2) is 9.55 Å². The van der Waals surface area contributed by atoms with Gasteiger partial charge in [-0.05, 0) is 47.0 Å². The highest BCUT2D eigenvalue weighted by molar-refractivity contribution is 6.11. The first-order chi connectivity index (χ1) is 16.3. The lowest BCUT2D eigenvalue weighted by molar-refractivity contribution is 1.18. The van der Waals surface area contributed by atoms with Gasteiger partial charge in [0.15, 0.2) is 0 Å². The number of pyridine rings is 1. The number of para-hydroxylation sites is 1. The predicted molar refractivity (Wildman–Crippen MR) is 134 cm³/mol. The molecule has 0 atom stereocenters. The van der Waals surface area contributed by atoms with Crippen molar-refractivity contribution in [3.05, 3.63) is 121 Å². The Bertz CT molecular complexity index is 1660. The molecule has 0 saturated heterocycles. The van der Waals surface area contributed by atoms with E-state index >= 15 is 0 Å². The minimum Gasteiger partial charge on any atom is -0.309 e. The van der Waals surface area contributed by atoms with E-state index in [-0.39, 0.29) is 0 Å². The second-order valence-corrected chi connectivity index (χ2v) is 8.07. The molecular weight excluding hydrogens is 402 g/mol. The maximum Gasteiger partial charge on any atom is 0.101 e. The molecule has 33 heavy (non-hydrogen) atoms. The van der Waals surface area contributed by atoms with Crippen molar-refractivity contribution in [1.29, 1.82) is 5.26 Å². The van der Waals surface area contributed by atoms with Crippen LogP contribution in [0.3, 0.4) is 0 Å². The Kier molecular flexibility index (Phi) is 4.49. The van der Waals surface area contributed by atoms with Crippen LogP contribution in [0.4, 0.5) is 0 Å². The summed E-state index contributed by atoms with van der Waals surface area (Å²) >= 11 is 0. The molecule has 0 fully saturated rings. The van der Waals surface area contributed by atoms with Gasteiger partial charge in [0.2, 0.25) is 0 Å². The first-order valence-corrected chi connectivity index (χ1v) is 10.9. The summed E-state index contributed by atoms with van der Waals surface area (Å²) in [6, 6.07) is 38.2. The number of nitriles is 1. The lowest BCUT2D eigenvalue weighted by Gasteiger charge is -2.10. The van der Waals surface area contributed by atoms with E-state index in [2.05, 4.69) is 101 Å². The molecule has 6 aromatic rings. The van der Waals surface area contributed by atoms with Gasteiger partial charge >= 0.3 is 0 Å². The van der Waals surface area contributed by atoms with Gasteiger partial charge in [-0.1, -0.05) is 72.8 Å². The van der Waals surface area contributed by atoms with Gasteiger partial charge in [0.05, 0.1) is 16.6 Å². The van der Waals surface area contributed by atoms with Crippen molar-refractivity contribution in [1.82, 2.24) is 9.55 Å². The second-order valence-electron chi connectivity index (χ2n) is 8.07. The molecule has 0 unspecified atom stereocenters. The Balaban J connectivity index is 1.66. The number of nitrogens with zero attached hydrogens (tertiary/aromatic N) is 3. The standard InChI is InChI=1S/C30H19N3/c31-18-21-15-25(20-32-19-21)24-12-14-28-27-13-11-23(22-7-3-1-4-8-22)16-29(27)33(30(28)17-24)26-9-5-2-6-10-26/h1-17,19-20H. The van der Waals surface area contributed by atoms with E-state index in [1.54, 1.807) is 6.20 Å². The normalized spacial score (nSPS) is 11.0. The van der Waals surface area contributed by atoms with Crippen LogP contribution in [-0.2, 0) is 0 Å². The molecule has 0 N–H and O–H groups in total. The summed E-state index contributed by atoms with van der Waals surface area (Å²) in [5, 5.41) is 11.7. The van der Waals surface area contributed by atoms with Gasteiger partial charge in [0, 0.05) is 34.4 Å². The predicted octanol–water partition coefficient (Wildman–Crippen LogP) is 7.38. The highest BCUT2D eigenvalue weighted by atomic mass is 15.0. The van der Waals surface area contributed by atoms with Gasteiger partial charge in [-0.3, -0.25) is 4.98 Å². The maximum absolute atomic E-state index is 9.29. The fraction of sp³-hybridized carbons (Fsp3) is 0. The van der Waals surface area contributed by atoms with Crippen LogP contribution >= 0.6 is 0 Å². The zero-order valence-electron chi connectivity index (χ0n) is 17.8. The summed E-state index contributed by atoms with van der Waals surface area (Å²) < 4.78 is 2.32. The molecule has 2 heterocycles. The number of hydrogen-bond donors (Lipinski definition) is 0. The zero-order chi connectivity index (χ0) is 22.2. The van der Waals surface area contributed by atoms with Crippen LogP contribution in [0.2, 0.25) is 0 Å². The van der Waals surface area contributed by atoms with Crippen molar-refractivity contribution >= 4 is 21.8 Å². The van der Waals surface area contributed by atoms with Gasteiger partial charge < -0.3 is 4.57 Å². The smallest absolute Gasteiger partial charge is 0.101 e. The first-order valence-electron chi connectivity index (χ1n) is 10.9. The molecule has 2 aromatic heterocycles. The Hall–Kier alpha value is -4.68. The number of aromatic nitrogens is 2. The Morgan fingerprint density at radius 3 is 1.82 bits per heavy atom. The molecule has 0 amide bonds. The summed E-state index contributed by atoms with van der Waals surface area (Å²) in [6.07, 6.45) is 3.40. The van der Waals surface area contributed by atoms with E-state index in [9.17, 15) is 5.26 Å². The molecule has 0 aliphatic carbocycles. The van der Waals surface area contributed by atoms with Crippen molar-refractivity contribution < 1.29 is 0 Å². The lowest BCUT2D eigenvalue weighted by atomic mass is 10.0. The summed E-state index contributed by atoms with van der Waals surface area (Å²) in [6.45, 7) is 0. The molecule has 0 bridgehead atoms. The number of fused-ring (bicyclic) bond motifs is 3. The fourth-order valence-electron chi connectivity index (χ4n) is 4.52. The SMILES string of the molecule is N#Cc1cncc(-c2ccc3c4ccc(-c5ccccc5)cc4n(-c4ccccc4)c3c2)c1. The minimum atomic E-state index is 0.559. The van der Waals surface area contributed by atoms with Crippen molar-refractivity contribution in [2.75, 3.05) is 0 Å². The molecule has 0 aliphatic heterocycles. The van der Waals surface area contributed by atoms with Crippen LogP contribution in [0, 0.1) is 11.3 Å². The topological polar surface area (TPSA) is 41.6 Å². The Morgan fingerprint density at radius 1 is 0.576 bits per heavy atom. The quantitative estimate of drug-likeness (QED) is 0.299. The molecule has 0 radical (unpaired) electrons. The summed E-state index contributed by atoms with van der Waals surface area (Å²) in [7, 11) is 0. The Labute approximate surface area is 191 Å². The van der Waals surface area contributed by atoms with Crippen LogP contribution in [0.5, 0.6) is 0 Å². The van der Waals surface area contributed by atoms with Crippen LogP contribution in [0.15, 0.2) is 116 Å². The monoisotopic (exact) mass is 421 g/mol. The molecule has 0 spiro atoms. The number of benzene rings is 4. The number of rotatable bonds is 3. The van der Waals surface area contributed by atoms with Crippen molar-refractivity contribution in [3.8, 4) is 34.0 Å². The molecular formula is C30H19N3. The molecule has 3 heteroatoms. The van der Waals surface area contributed by atoms with Gasteiger partial charge in [-0.2, -0.15) is 5.26 Å². The molecule has 6 rings (SSSR count). The highest BCUT2D eigenvalue weighted by Crippen LogP contribution is 2.36. The molecule has 3 nitrogen and oxygen atoms in total. The first kappa shape index (κ1) is 19.0. The van der Waals surface area contributed by atoms with E-state index in [0.717, 1.165) is 22.3 Å². The van der Waals surface area contributed by atoms with Crippen LogP contribution in [0.25, 0.3) is 49.7 Å². The van der Waals surface area contributed by atoms with E-state index in [0.29, 0.717) is 5.56 Å². The van der Waals surface area contributed by atoms with E-state index in [4.69, 9.17) is 0 Å². The third-order valence-electron chi connectivity index (χ3n) is 6.09. The molecule has 4 aromatic carbocycles. The summed E-state index contributed by atoms with van der Waals surface area (Å²) in [4.78, 5) is 4.25. The van der Waals surface area contributed by atoms with Gasteiger partial charge in [0.1, 0.15) is 6.07 Å². The summed E-state index contributed by atoms with van der Waals surface area (Å²) in [5.74, 6) is 0. The average Bonchev–Trinajstić information content (AvgIpc) is 3.22. The number of hydrogen-bond acceptors (Lipinski definition) is 2. The summed E-state index contributed by atoms with van der Waals surface area (Å²) in [5.41, 5.74) is 8.33. The molecule has 0 saturated carbocycles. The van der Waals surface area contributed by atoms with Gasteiger partial charge in [0.25, 0.3) is 0 Å². The third kappa shape index (κ3) is 3.26. The molecule has 0 aliphatic rings. The minimum absolute atomic E-state index is 0.559. The van der Waals surface area contributed by atoms with E-state index in [1.807, 2.05) is 24.4 Å². The molecule has 154 valence electrons. The van der Waals surface area contributed by atoms with Gasteiger partial charge in [-0.25, -0.2) is 0 Å². The van der Waals surface area contributed by atoms with Crippen molar-refractivity contribution in [2.24, 2.45) is 0 Å². The van der Waals surface area contributed by atoms with Crippen molar-refractivity contribution in [3.63, 3.8) is 0 Å². The Morgan fingerprint density at radius 2 is 1.18 bits per heavy atom. The van der Waals surface area contributed by atoms with Crippen LogP contribution < -0.4 is 0 Å². The van der Waals surface area contributed by atoms with Gasteiger partial charge in [-0.15, -0.1) is 0 Å². The third-order valence-corrected chi connectivity index (χ3v) is 6.09. The zero-order valence-corrected chi connectivity index (χ0v) is 17.8. The maximum atomic E-state index is 9.29. The van der Waals surface area contributed by atoms with Crippen molar-refractivity contribution in [2.45, 2.75) is 0 Å². The van der Waals surface area contributed by atoms with Crippen LogP contribution in [0.1, 0.15) is 5.56 Å². The highest BCUT2D eigenvalue weighted by Gasteiger charge is 2.14. The largest absolute Gasteiger partial charge is 0.309 e. The fourth-order valence-corrected chi connectivity index (χ4v) is 4.52. The average molecular weight is 422 g/mol. The van der Waals surface area contributed by atoms with E-state index in [1.165, 1.54) is 27.4 Å². The lowest BCUT2D eigenvalue weighted by Crippen LogP contribution is -1.94.